The minimum atomic E-state index is 0.204. The zero-order valence-electron chi connectivity index (χ0n) is 16.5. The summed E-state index contributed by atoms with van der Waals surface area (Å²) in [5, 5.41) is 18.4. The fourth-order valence-corrected chi connectivity index (χ4v) is 4.61. The lowest BCUT2D eigenvalue weighted by Gasteiger charge is -2.30. The standard InChI is InChI=1S/C23H23N5S/c1-15-12-18(20-4-3-11-29-20)13-16(2)22(15)27-21-9-10-25-23(28-21)26-19-7-5-17(14-24)6-8-19/h3,5-13,15,20,22H,4H2,1-2H3,(H2,25,26,27,28). The van der Waals surface area contributed by atoms with Crippen LogP contribution in [-0.2, 0) is 0 Å². The minimum Gasteiger partial charge on any atom is -0.363 e. The topological polar surface area (TPSA) is 73.6 Å². The normalized spacial score (nSPS) is 23.1. The van der Waals surface area contributed by atoms with E-state index in [1.54, 1.807) is 18.3 Å². The van der Waals surface area contributed by atoms with Gasteiger partial charge in [0.2, 0.25) is 5.95 Å². The second-order valence-electron chi connectivity index (χ2n) is 7.35. The minimum absolute atomic E-state index is 0.204. The summed E-state index contributed by atoms with van der Waals surface area (Å²) in [5.74, 6) is 1.69. The summed E-state index contributed by atoms with van der Waals surface area (Å²) >= 11 is 1.90. The first-order chi connectivity index (χ1) is 14.1. The van der Waals surface area contributed by atoms with E-state index in [9.17, 15) is 0 Å². The zero-order valence-corrected chi connectivity index (χ0v) is 17.3. The predicted octanol–water partition coefficient (Wildman–Crippen LogP) is 5.41. The van der Waals surface area contributed by atoms with Gasteiger partial charge in [-0.2, -0.15) is 10.2 Å². The molecule has 0 saturated carbocycles. The van der Waals surface area contributed by atoms with Crippen molar-refractivity contribution < 1.29 is 0 Å². The number of anilines is 3. The van der Waals surface area contributed by atoms with Gasteiger partial charge in [-0.25, -0.2) is 4.98 Å². The summed E-state index contributed by atoms with van der Waals surface area (Å²) in [6, 6.07) is 11.4. The summed E-state index contributed by atoms with van der Waals surface area (Å²) < 4.78 is 0. The first-order valence-corrected chi connectivity index (χ1v) is 10.6. The van der Waals surface area contributed by atoms with E-state index >= 15 is 0 Å². The second-order valence-corrected chi connectivity index (χ2v) is 8.46. The number of hydrogen-bond donors (Lipinski definition) is 2. The zero-order chi connectivity index (χ0) is 20.2. The third kappa shape index (κ3) is 4.52. The van der Waals surface area contributed by atoms with Gasteiger partial charge >= 0.3 is 0 Å². The van der Waals surface area contributed by atoms with Crippen molar-refractivity contribution in [2.45, 2.75) is 31.6 Å². The molecule has 6 heteroatoms. The maximum absolute atomic E-state index is 8.91. The van der Waals surface area contributed by atoms with E-state index in [0.29, 0.717) is 22.7 Å². The van der Waals surface area contributed by atoms with E-state index in [1.807, 2.05) is 30.0 Å². The van der Waals surface area contributed by atoms with Crippen LogP contribution in [-0.4, -0.2) is 21.3 Å². The molecule has 146 valence electrons. The van der Waals surface area contributed by atoms with Crippen LogP contribution in [0.15, 0.2) is 71.3 Å². The van der Waals surface area contributed by atoms with Crippen molar-refractivity contribution in [3.8, 4) is 6.07 Å². The number of allylic oxidation sites excluding steroid dienone is 2. The number of nitriles is 1. The summed E-state index contributed by atoms with van der Waals surface area (Å²) in [5.41, 5.74) is 4.22. The summed E-state index contributed by atoms with van der Waals surface area (Å²) in [4.78, 5) is 8.92. The Morgan fingerprint density at radius 1 is 1.21 bits per heavy atom. The van der Waals surface area contributed by atoms with Gasteiger partial charge in [0.05, 0.1) is 17.7 Å². The molecule has 0 amide bonds. The monoisotopic (exact) mass is 401 g/mol. The fraction of sp³-hybridized carbons (Fsp3) is 0.261. The third-order valence-electron chi connectivity index (χ3n) is 5.16. The van der Waals surface area contributed by atoms with Crippen molar-refractivity contribution in [1.82, 2.24) is 9.97 Å². The second kappa shape index (κ2) is 8.54. The molecule has 3 atom stereocenters. The van der Waals surface area contributed by atoms with Crippen LogP contribution in [0.1, 0.15) is 25.8 Å². The van der Waals surface area contributed by atoms with Gasteiger partial charge in [0, 0.05) is 17.1 Å². The maximum atomic E-state index is 8.91. The lowest BCUT2D eigenvalue weighted by molar-refractivity contribution is 0.620. The Labute approximate surface area is 175 Å². The molecule has 3 unspecified atom stereocenters. The number of hydrogen-bond acceptors (Lipinski definition) is 6. The average Bonchev–Trinajstić information content (AvgIpc) is 3.26. The summed E-state index contributed by atoms with van der Waals surface area (Å²) in [6.45, 7) is 4.43. The first-order valence-electron chi connectivity index (χ1n) is 9.69. The van der Waals surface area contributed by atoms with Crippen molar-refractivity contribution >= 4 is 29.2 Å². The molecule has 0 fully saturated rings. The van der Waals surface area contributed by atoms with Crippen LogP contribution in [0.25, 0.3) is 0 Å². The van der Waals surface area contributed by atoms with E-state index in [1.165, 1.54) is 11.1 Å². The molecule has 1 aliphatic heterocycles. The Hall–Kier alpha value is -3.04. The summed E-state index contributed by atoms with van der Waals surface area (Å²) in [7, 11) is 0. The Balaban J connectivity index is 1.45. The maximum Gasteiger partial charge on any atom is 0.229 e. The van der Waals surface area contributed by atoms with Gasteiger partial charge in [-0.15, -0.1) is 11.8 Å². The van der Waals surface area contributed by atoms with Gasteiger partial charge in [-0.05, 0) is 60.6 Å². The highest BCUT2D eigenvalue weighted by Crippen LogP contribution is 2.36. The lowest BCUT2D eigenvalue weighted by Crippen LogP contribution is -2.31. The van der Waals surface area contributed by atoms with Crippen molar-refractivity contribution in [3.05, 3.63) is 76.9 Å². The van der Waals surface area contributed by atoms with Crippen LogP contribution < -0.4 is 10.6 Å². The van der Waals surface area contributed by atoms with E-state index in [4.69, 9.17) is 5.26 Å². The number of thioether (sulfide) groups is 1. The molecule has 1 aromatic heterocycles. The Kier molecular flexibility index (Phi) is 5.68. The SMILES string of the molecule is CC1=CC(C2CC=CS2)=CC(C)C1Nc1ccnc(Nc2ccc(C#N)cc2)n1. The first kappa shape index (κ1) is 19.3. The molecule has 5 nitrogen and oxygen atoms in total. The van der Waals surface area contributed by atoms with Gasteiger partial charge in [0.15, 0.2) is 0 Å². The molecule has 2 aromatic rings. The molecule has 0 bridgehead atoms. The quantitative estimate of drug-likeness (QED) is 0.697. The molecule has 1 aromatic carbocycles. The molecular weight excluding hydrogens is 378 g/mol. The van der Waals surface area contributed by atoms with E-state index in [0.717, 1.165) is 17.9 Å². The molecule has 29 heavy (non-hydrogen) atoms. The number of rotatable bonds is 5. The van der Waals surface area contributed by atoms with E-state index in [2.05, 4.69) is 64.2 Å². The number of aromatic nitrogens is 2. The Morgan fingerprint density at radius 3 is 2.72 bits per heavy atom. The number of benzene rings is 1. The van der Waals surface area contributed by atoms with E-state index < -0.39 is 0 Å². The molecule has 2 heterocycles. The smallest absolute Gasteiger partial charge is 0.229 e. The number of nitrogens with zero attached hydrogens (tertiary/aromatic N) is 3. The van der Waals surface area contributed by atoms with Crippen LogP contribution in [0.4, 0.5) is 17.5 Å². The average molecular weight is 402 g/mol. The van der Waals surface area contributed by atoms with Gasteiger partial charge in [0.1, 0.15) is 5.82 Å². The van der Waals surface area contributed by atoms with Gasteiger partial charge < -0.3 is 10.6 Å². The van der Waals surface area contributed by atoms with E-state index in [-0.39, 0.29) is 6.04 Å². The van der Waals surface area contributed by atoms with Gasteiger partial charge in [0.25, 0.3) is 0 Å². The Bertz CT molecular complexity index is 1010. The van der Waals surface area contributed by atoms with Crippen LogP contribution in [0.5, 0.6) is 0 Å². The van der Waals surface area contributed by atoms with Gasteiger partial charge in [-0.3, -0.25) is 0 Å². The van der Waals surface area contributed by atoms with Gasteiger partial charge in [-0.1, -0.05) is 30.7 Å². The summed E-state index contributed by atoms with van der Waals surface area (Å²) in [6.07, 6.45) is 9.81. The molecular formula is C23H23N5S. The third-order valence-corrected chi connectivity index (χ3v) is 6.30. The Morgan fingerprint density at radius 2 is 2.03 bits per heavy atom. The highest BCUT2D eigenvalue weighted by molar-refractivity contribution is 8.03. The molecule has 0 radical (unpaired) electrons. The van der Waals surface area contributed by atoms with Crippen LogP contribution in [0, 0.1) is 17.2 Å². The van der Waals surface area contributed by atoms with Crippen molar-refractivity contribution in [2.75, 3.05) is 10.6 Å². The molecule has 2 N–H and O–H groups in total. The molecule has 0 saturated heterocycles. The van der Waals surface area contributed by atoms with Crippen LogP contribution in [0.2, 0.25) is 0 Å². The van der Waals surface area contributed by atoms with Crippen LogP contribution >= 0.6 is 11.8 Å². The molecule has 2 aliphatic rings. The fourth-order valence-electron chi connectivity index (χ4n) is 3.68. The largest absolute Gasteiger partial charge is 0.363 e. The molecule has 4 rings (SSSR count). The molecule has 0 spiro atoms. The highest BCUT2D eigenvalue weighted by atomic mass is 32.2. The highest BCUT2D eigenvalue weighted by Gasteiger charge is 2.26. The number of nitrogens with one attached hydrogen (secondary N) is 2. The van der Waals surface area contributed by atoms with Crippen molar-refractivity contribution in [3.63, 3.8) is 0 Å². The van der Waals surface area contributed by atoms with Crippen LogP contribution in [0.3, 0.4) is 0 Å². The molecule has 1 aliphatic carbocycles. The van der Waals surface area contributed by atoms with Crippen molar-refractivity contribution in [1.29, 1.82) is 5.26 Å². The predicted molar refractivity (Wildman–Crippen MR) is 120 cm³/mol. The lowest BCUT2D eigenvalue weighted by atomic mass is 9.86. The van der Waals surface area contributed by atoms with Crippen molar-refractivity contribution in [2.24, 2.45) is 5.92 Å².